The summed E-state index contributed by atoms with van der Waals surface area (Å²) in [6, 6.07) is 10.7. The fourth-order valence-corrected chi connectivity index (χ4v) is 65.4. The molecule has 0 bridgehead atoms. The summed E-state index contributed by atoms with van der Waals surface area (Å²) in [5.74, 6) is 0. The van der Waals surface area contributed by atoms with Gasteiger partial charge in [-0.2, -0.15) is 0 Å². The van der Waals surface area contributed by atoms with Gasteiger partial charge in [-0.1, -0.05) is 18.2 Å². The minimum Gasteiger partial charge on any atom is -0.362 e. The molecule has 1 saturated heterocycles. The first kappa shape index (κ1) is 26.4. The molecule has 1 aromatic heterocycles. The Bertz CT molecular complexity index is 973. The minimum absolute atomic E-state index is 1.23. The first-order chi connectivity index (χ1) is 14.2. The first-order valence-corrected chi connectivity index (χ1v) is 28.8. The Morgan fingerprint density at radius 2 is 1.03 bits per heavy atom. The summed E-state index contributed by atoms with van der Waals surface area (Å²) in [6.45, 7) is 25.9. The SMILES string of the molecule is C[Si](C)(F)N1[Si](C)(C)N([Si](C)(C)F)[Si](C)(C)N([Si](C)(C)n2ccc3ccccc32)[Si]1(C)C. The lowest BCUT2D eigenvalue weighted by atomic mass is 10.3. The van der Waals surface area contributed by atoms with E-state index in [9.17, 15) is 0 Å². The van der Waals surface area contributed by atoms with Crippen LogP contribution in [-0.4, -0.2) is 66.6 Å². The quantitative estimate of drug-likeness (QED) is 0.320. The van der Waals surface area contributed by atoms with Gasteiger partial charge in [0, 0.05) is 5.52 Å². The molecule has 180 valence electrons. The number of hydrogen-bond donors (Lipinski definition) is 0. The third-order valence-corrected chi connectivity index (χ3v) is 47.8. The van der Waals surface area contributed by atoms with Crippen molar-refractivity contribution in [2.24, 2.45) is 0 Å². The van der Waals surface area contributed by atoms with Crippen LogP contribution in [0.25, 0.3) is 10.9 Å². The highest BCUT2D eigenvalue weighted by atomic mass is 28.6. The zero-order valence-corrected chi connectivity index (χ0v) is 28.0. The average molecular weight is 545 g/mol. The summed E-state index contributed by atoms with van der Waals surface area (Å²) in [5.41, 5.74) is 1.23. The van der Waals surface area contributed by atoms with E-state index in [4.69, 9.17) is 0 Å². The van der Waals surface area contributed by atoms with E-state index in [1.54, 1.807) is 0 Å². The summed E-state index contributed by atoms with van der Waals surface area (Å²) >= 11 is 0. The van der Waals surface area contributed by atoms with Gasteiger partial charge in [0.25, 0.3) is 0 Å². The van der Waals surface area contributed by atoms with E-state index in [-0.39, 0.29) is 0 Å². The van der Waals surface area contributed by atoms with Crippen molar-refractivity contribution in [3.8, 4) is 0 Å². The Morgan fingerprint density at radius 3 is 1.47 bits per heavy atom. The second-order valence-corrected chi connectivity index (χ2v) is 38.2. The number of halogens is 2. The predicted molar refractivity (Wildman–Crippen MR) is 150 cm³/mol. The van der Waals surface area contributed by atoms with Crippen molar-refractivity contribution in [1.29, 1.82) is 0 Å². The summed E-state index contributed by atoms with van der Waals surface area (Å²) in [6.07, 6.45) is 2.22. The number of rotatable bonds is 4. The van der Waals surface area contributed by atoms with Gasteiger partial charge in [-0.05, 0) is 102 Å². The number of benzene rings is 1. The molecule has 0 N–H and O–H groups in total. The van der Waals surface area contributed by atoms with Crippen LogP contribution in [0.1, 0.15) is 0 Å². The second-order valence-electron chi connectivity index (χ2n) is 12.0. The molecule has 32 heavy (non-hydrogen) atoms. The predicted octanol–water partition coefficient (Wildman–Crippen LogP) is 6.56. The lowest BCUT2D eigenvalue weighted by Gasteiger charge is -2.73. The van der Waals surface area contributed by atoms with Crippen molar-refractivity contribution in [2.75, 3.05) is 0 Å². The summed E-state index contributed by atoms with van der Waals surface area (Å²) in [5, 5.41) is 1.23. The molecule has 0 atom stereocenters. The largest absolute Gasteiger partial charge is 0.362 e. The monoisotopic (exact) mass is 544 g/mol. The van der Waals surface area contributed by atoms with Crippen LogP contribution in [0.2, 0.25) is 78.6 Å². The highest BCUT2D eigenvalue weighted by Gasteiger charge is 2.70. The van der Waals surface area contributed by atoms with E-state index in [1.165, 1.54) is 10.9 Å². The molecule has 3 rings (SSSR count). The molecule has 1 aliphatic rings. The normalized spacial score (nSPS) is 23.1. The molecule has 0 spiro atoms. The highest BCUT2D eigenvalue weighted by molar-refractivity contribution is 7.19. The molecule has 1 fully saturated rings. The number of hydrogen-bond acceptors (Lipinski definition) is 3. The van der Waals surface area contributed by atoms with Gasteiger partial charge in [0.1, 0.15) is 0 Å². The van der Waals surface area contributed by atoms with Gasteiger partial charge >= 0.3 is 17.1 Å². The van der Waals surface area contributed by atoms with Crippen LogP contribution in [0.15, 0.2) is 36.5 Å². The van der Waals surface area contributed by atoms with E-state index in [0.717, 1.165) is 0 Å². The van der Waals surface area contributed by atoms with Gasteiger partial charge in [0.15, 0.2) is 25.2 Å². The van der Waals surface area contributed by atoms with E-state index in [2.05, 4.69) is 105 Å². The minimum atomic E-state index is -3.21. The highest BCUT2D eigenvalue weighted by Crippen LogP contribution is 2.47. The lowest BCUT2D eigenvalue weighted by molar-refractivity contribution is 0.545. The second kappa shape index (κ2) is 7.65. The van der Waals surface area contributed by atoms with Gasteiger partial charge in [-0.3, -0.25) is 8.22 Å². The molecule has 0 amide bonds. The molecule has 1 aliphatic heterocycles. The average Bonchev–Trinajstić information content (AvgIpc) is 2.92. The van der Waals surface area contributed by atoms with Crippen molar-refractivity contribution >= 4 is 61.6 Å². The Hall–Kier alpha value is -0.199. The van der Waals surface area contributed by atoms with Crippen LogP contribution in [0.5, 0.6) is 0 Å². The molecule has 0 aliphatic carbocycles. The summed E-state index contributed by atoms with van der Waals surface area (Å²) < 4.78 is 42.4. The van der Waals surface area contributed by atoms with Crippen LogP contribution < -0.4 is 0 Å². The molecule has 0 unspecified atom stereocenters. The Labute approximate surface area is 200 Å². The van der Waals surface area contributed by atoms with E-state index < -0.39 is 50.7 Å². The van der Waals surface area contributed by atoms with Crippen LogP contribution in [0.3, 0.4) is 0 Å². The molecule has 2 aromatic rings. The smallest absolute Gasteiger partial charge is 0.305 e. The van der Waals surface area contributed by atoms with Crippen molar-refractivity contribution in [1.82, 2.24) is 15.9 Å². The maximum absolute atomic E-state index is 16.2. The molecule has 0 radical (unpaired) electrons. The number of nitrogens with zero attached hydrogens (tertiary/aromatic N) is 4. The van der Waals surface area contributed by atoms with Crippen molar-refractivity contribution in [2.45, 2.75) is 78.6 Å². The number of para-hydroxylation sites is 1. The molecule has 0 saturated carbocycles. The van der Waals surface area contributed by atoms with E-state index in [0.29, 0.717) is 0 Å². The van der Waals surface area contributed by atoms with E-state index in [1.807, 2.05) is 26.2 Å². The van der Waals surface area contributed by atoms with Crippen LogP contribution in [0, 0.1) is 0 Å². The van der Waals surface area contributed by atoms with Gasteiger partial charge in [0.05, 0.1) is 0 Å². The van der Waals surface area contributed by atoms with Crippen molar-refractivity contribution < 1.29 is 8.22 Å². The third-order valence-electron chi connectivity index (χ3n) is 7.08. The van der Waals surface area contributed by atoms with Gasteiger partial charge in [-0.25, -0.2) is 0 Å². The first-order valence-electron chi connectivity index (χ1n) is 11.5. The fraction of sp³-hybridized carbons (Fsp3) is 0.600. The number of aromatic nitrogens is 1. The summed E-state index contributed by atoms with van der Waals surface area (Å²) in [4.78, 5) is 0. The maximum atomic E-state index is 16.2. The molecule has 4 nitrogen and oxygen atoms in total. The van der Waals surface area contributed by atoms with E-state index >= 15 is 8.22 Å². The van der Waals surface area contributed by atoms with Crippen molar-refractivity contribution in [3.05, 3.63) is 36.5 Å². The zero-order valence-electron chi connectivity index (χ0n) is 22.0. The molecule has 12 heteroatoms. The number of fused-ring (bicyclic) bond motifs is 1. The van der Waals surface area contributed by atoms with Crippen LogP contribution in [-0.2, 0) is 0 Å². The zero-order chi connectivity index (χ0) is 24.7. The topological polar surface area (TPSA) is 14.7 Å². The Balaban J connectivity index is 2.36. The fourth-order valence-electron chi connectivity index (χ4n) is 7.92. The molecular weight excluding hydrogens is 503 g/mol. The Morgan fingerprint density at radius 1 is 0.625 bits per heavy atom. The van der Waals surface area contributed by atoms with Gasteiger partial charge in [0.2, 0.25) is 8.40 Å². The third kappa shape index (κ3) is 3.88. The lowest BCUT2D eigenvalue weighted by Crippen LogP contribution is -2.97. The molecule has 1 aromatic carbocycles. The summed E-state index contributed by atoms with van der Waals surface area (Å²) in [7, 11) is -16.1. The Kier molecular flexibility index (Phi) is 6.31. The maximum Gasteiger partial charge on any atom is 0.305 e. The van der Waals surface area contributed by atoms with Gasteiger partial charge < -0.3 is 15.9 Å². The van der Waals surface area contributed by atoms with Crippen LogP contribution in [0.4, 0.5) is 8.22 Å². The molecular formula is C20H42F2N4Si6. The molecule has 2 heterocycles. The van der Waals surface area contributed by atoms with Crippen LogP contribution >= 0.6 is 0 Å². The van der Waals surface area contributed by atoms with Crippen molar-refractivity contribution in [3.63, 3.8) is 0 Å². The van der Waals surface area contributed by atoms with Gasteiger partial charge in [-0.15, -0.1) is 0 Å². The standard InChI is InChI=1S/C20H42F2N4Si6/c1-27(2,21)24-30(7,8)25(28(3,4)22)32(11,12)26(31(24,9)10)29(5,6)23-18-17-19-15-13-14-16-20(19)23/h13-18H,1-12H3.